The summed E-state index contributed by atoms with van der Waals surface area (Å²) in [7, 11) is -3.07. The molecule has 4 aromatic rings. The van der Waals surface area contributed by atoms with Gasteiger partial charge in [-0.25, -0.2) is 34.5 Å². The Bertz CT molecular complexity index is 1690. The van der Waals surface area contributed by atoms with Gasteiger partial charge >= 0.3 is 15.1 Å². The van der Waals surface area contributed by atoms with E-state index in [0.29, 0.717) is 22.3 Å². The molecule has 8 atom stereocenters. The van der Waals surface area contributed by atoms with Crippen molar-refractivity contribution in [1.82, 2.24) is 39.0 Å². The first-order chi connectivity index (χ1) is 19.8. The Labute approximate surface area is 236 Å². The van der Waals surface area contributed by atoms with E-state index in [9.17, 15) is 9.13 Å². The first kappa shape index (κ1) is 27.1. The van der Waals surface area contributed by atoms with E-state index in [4.69, 9.17) is 39.0 Å². The molecule has 3 aliphatic rings. The second kappa shape index (κ2) is 10.5. The molecule has 0 aliphatic carbocycles. The largest absolute Gasteiger partial charge is 0.386 e. The van der Waals surface area contributed by atoms with Crippen LogP contribution in [-0.4, -0.2) is 76.7 Å². The van der Waals surface area contributed by atoms with Crippen molar-refractivity contribution >= 4 is 61.3 Å². The van der Waals surface area contributed by atoms with Gasteiger partial charge in [0.2, 0.25) is 0 Å². The van der Waals surface area contributed by atoms with Crippen LogP contribution in [0.5, 0.6) is 0 Å². The zero-order chi connectivity index (χ0) is 28.3. The van der Waals surface area contributed by atoms with Crippen LogP contribution in [0.1, 0.15) is 25.3 Å². The third-order valence-electron chi connectivity index (χ3n) is 6.99. The minimum Gasteiger partial charge on any atom is -0.382 e. The highest BCUT2D eigenvalue weighted by atomic mass is 32.7. The Morgan fingerprint density at radius 1 is 0.878 bits per heavy atom. The number of aromatic nitrogens is 8. The summed E-state index contributed by atoms with van der Waals surface area (Å²) in [5, 5.41) is 0. The monoisotopic (exact) mass is 626 g/mol. The molecule has 218 valence electrons. The van der Waals surface area contributed by atoms with Crippen LogP contribution in [0.25, 0.3) is 22.3 Å². The number of hydrogen-bond donors (Lipinski definition) is 3. The van der Waals surface area contributed by atoms with E-state index in [1.807, 2.05) is 0 Å². The van der Waals surface area contributed by atoms with Crippen LogP contribution in [0.2, 0.25) is 0 Å². The predicted octanol–water partition coefficient (Wildman–Crippen LogP) is 1.65. The fraction of sp³-hybridized carbons (Fsp3) is 0.500. The molecule has 41 heavy (non-hydrogen) atoms. The second-order valence-electron chi connectivity index (χ2n) is 9.54. The van der Waals surface area contributed by atoms with Crippen molar-refractivity contribution in [2.75, 3.05) is 24.7 Å². The minimum atomic E-state index is -3.91. The fourth-order valence-corrected chi connectivity index (χ4v) is 7.50. The summed E-state index contributed by atoms with van der Waals surface area (Å²) in [5.41, 5.74) is 13.4. The Morgan fingerprint density at radius 3 is 2.29 bits per heavy atom. The van der Waals surface area contributed by atoms with Gasteiger partial charge in [-0.05, 0) is 0 Å². The van der Waals surface area contributed by atoms with Gasteiger partial charge in [-0.2, -0.15) is 0 Å². The molecule has 2 unspecified atom stereocenters. The molecule has 0 spiro atoms. The van der Waals surface area contributed by atoms with Crippen molar-refractivity contribution in [1.29, 1.82) is 0 Å². The molecule has 3 saturated heterocycles. The molecular formula is C20H24N10O8P2S. The zero-order valence-electron chi connectivity index (χ0n) is 21.0. The Balaban J connectivity index is 1.14. The Morgan fingerprint density at radius 2 is 1.56 bits per heavy atom. The molecular weight excluding hydrogens is 602 g/mol. The number of nitrogens with two attached hydrogens (primary N) is 2. The third-order valence-corrected chi connectivity index (χ3v) is 9.53. The Kier molecular flexibility index (Phi) is 6.96. The number of anilines is 2. The Hall–Kier alpha value is -2.73. The quantitative estimate of drug-likeness (QED) is 0.212. The van der Waals surface area contributed by atoms with E-state index in [-0.39, 0.29) is 37.7 Å². The van der Waals surface area contributed by atoms with Crippen LogP contribution in [0, 0.1) is 0 Å². The fourth-order valence-electron chi connectivity index (χ4n) is 5.13. The highest BCUT2D eigenvalue weighted by Crippen LogP contribution is 2.57. The molecule has 2 bridgehead atoms. The summed E-state index contributed by atoms with van der Waals surface area (Å²) in [4.78, 5) is 24.9. The van der Waals surface area contributed by atoms with Crippen molar-refractivity contribution in [3.63, 3.8) is 0 Å². The van der Waals surface area contributed by atoms with E-state index in [2.05, 4.69) is 42.2 Å². The zero-order valence-corrected chi connectivity index (χ0v) is 23.8. The molecule has 0 aromatic carbocycles. The van der Waals surface area contributed by atoms with Crippen LogP contribution >= 0.6 is 27.3 Å². The summed E-state index contributed by atoms with van der Waals surface area (Å²) in [5.74, 6) is 0.410. The first-order valence-electron chi connectivity index (χ1n) is 12.4. The van der Waals surface area contributed by atoms with E-state index in [0.717, 1.165) is 0 Å². The van der Waals surface area contributed by atoms with Gasteiger partial charge in [0.15, 0.2) is 29.2 Å². The van der Waals surface area contributed by atoms with Gasteiger partial charge in [0.1, 0.15) is 48.2 Å². The molecule has 0 radical (unpaired) electrons. The molecule has 3 fully saturated rings. The average Bonchev–Trinajstić information content (AvgIpc) is 3.71. The molecule has 0 amide bonds. The van der Waals surface area contributed by atoms with Crippen molar-refractivity contribution in [2.24, 2.45) is 0 Å². The summed E-state index contributed by atoms with van der Waals surface area (Å²) in [6.45, 7) is -4.26. The molecule has 7 heterocycles. The van der Waals surface area contributed by atoms with Crippen molar-refractivity contribution < 1.29 is 36.7 Å². The van der Waals surface area contributed by atoms with Crippen molar-refractivity contribution in [3.05, 3.63) is 25.3 Å². The topological polar surface area (TPSA) is 229 Å². The summed E-state index contributed by atoms with van der Waals surface area (Å²) in [6, 6.07) is 0. The number of hydrogen-bond acceptors (Lipinski definition) is 16. The van der Waals surface area contributed by atoms with Gasteiger partial charge in [0.05, 0.1) is 32.0 Å². The second-order valence-corrected chi connectivity index (χ2v) is 13.4. The third kappa shape index (κ3) is 5.11. The lowest BCUT2D eigenvalue weighted by Crippen LogP contribution is -2.28. The lowest BCUT2D eigenvalue weighted by molar-refractivity contribution is -0.0550. The number of fused-ring (bicyclic) bond motifs is 5. The molecule has 7 rings (SSSR count). The lowest BCUT2D eigenvalue weighted by atomic mass is 10.2. The van der Waals surface area contributed by atoms with Crippen molar-refractivity contribution in [2.45, 2.75) is 49.7 Å². The first-order valence-corrected chi connectivity index (χ1v) is 16.3. The maximum atomic E-state index is 13.3. The van der Waals surface area contributed by atoms with Crippen LogP contribution in [-0.2, 0) is 36.7 Å². The standard InChI is InChI=1S/C20H24N10O8P2S/c21-16-14-18(25-5-23-16)29(7-27-14)13-2-10-12(36-13)4-33-39(31)37-11-1-9(3-34-40(32,41)38-10)35-20(11)30-8-28-15-17(22)24-6-26-19(15)30/h5-13,20,39H,1-4H2,(H,32,41)(H2,21,23,25)(H2,22,24,26)/t9-,10-,11+,12+,13+,20+,40?/m0/s1. The number of nitrogen functional groups attached to an aromatic ring is 2. The summed E-state index contributed by atoms with van der Waals surface area (Å²) < 4.78 is 64.7. The predicted molar refractivity (Wildman–Crippen MR) is 144 cm³/mol. The van der Waals surface area contributed by atoms with Gasteiger partial charge in [-0.1, -0.05) is 12.2 Å². The molecule has 0 saturated carbocycles. The number of nitrogens with zero attached hydrogens (tertiary/aromatic N) is 8. The van der Waals surface area contributed by atoms with Crippen LogP contribution in [0.4, 0.5) is 11.6 Å². The molecule has 4 N–H and O–H groups in total. The van der Waals surface area contributed by atoms with E-state index in [1.165, 1.54) is 25.3 Å². The normalized spacial score (nSPS) is 34.7. The lowest BCUT2D eigenvalue weighted by Gasteiger charge is -2.24. The van der Waals surface area contributed by atoms with Gasteiger partial charge in [-0.15, -0.1) is 0 Å². The maximum Gasteiger partial charge on any atom is 0.386 e. The van der Waals surface area contributed by atoms with E-state index >= 15 is 0 Å². The minimum absolute atomic E-state index is 0.146. The van der Waals surface area contributed by atoms with E-state index in [1.54, 1.807) is 9.13 Å². The number of imidazole rings is 2. The average molecular weight is 626 g/mol. The molecule has 21 heteroatoms. The molecule has 3 aliphatic heterocycles. The number of thiol groups is 1. The van der Waals surface area contributed by atoms with E-state index < -0.39 is 51.9 Å². The molecule has 4 aromatic heterocycles. The number of ether oxygens (including phenoxy) is 2. The summed E-state index contributed by atoms with van der Waals surface area (Å²) >= 11 is 4.19. The highest BCUT2D eigenvalue weighted by Gasteiger charge is 2.45. The number of rotatable bonds is 2. The van der Waals surface area contributed by atoms with Gasteiger partial charge in [0, 0.05) is 12.8 Å². The van der Waals surface area contributed by atoms with Gasteiger partial charge in [0.25, 0.3) is 0 Å². The van der Waals surface area contributed by atoms with Crippen molar-refractivity contribution in [3.8, 4) is 0 Å². The van der Waals surface area contributed by atoms with Gasteiger partial charge < -0.3 is 30.0 Å². The summed E-state index contributed by atoms with van der Waals surface area (Å²) in [6.07, 6.45) is 1.61. The van der Waals surface area contributed by atoms with Crippen LogP contribution in [0.15, 0.2) is 25.3 Å². The van der Waals surface area contributed by atoms with Crippen LogP contribution in [0.3, 0.4) is 0 Å². The maximum absolute atomic E-state index is 13.3. The SMILES string of the molecule is Nc1ncnc2c1ncn2[C@@H]1O[C@@H]2COP(=O)(S)O[C@H]3C[C@H](n4cnc5c(N)ncnc54)O[C@@H]3CO[PH](=O)O[C@@H]1C2. The van der Waals surface area contributed by atoms with Crippen LogP contribution < -0.4 is 11.5 Å². The smallest absolute Gasteiger partial charge is 0.382 e. The molecule has 18 nitrogen and oxygen atoms in total. The highest BCUT2D eigenvalue weighted by molar-refractivity contribution is 8.44. The van der Waals surface area contributed by atoms with Gasteiger partial charge in [-0.3, -0.25) is 22.7 Å².